The molecule has 108 valence electrons. The van der Waals surface area contributed by atoms with Gasteiger partial charge in [0.25, 0.3) is 0 Å². The number of aliphatic hydroxyl groups is 1. The number of aliphatic carboxylic acids is 1. The number of likely N-dealkylation sites (tertiary alicyclic amines) is 1. The largest absolute Gasteiger partial charge is 0.480 e. The van der Waals surface area contributed by atoms with E-state index in [1.54, 1.807) is 0 Å². The Labute approximate surface area is 111 Å². The number of hydrogen-bond donors (Lipinski definition) is 3. The van der Waals surface area contributed by atoms with Gasteiger partial charge in [-0.25, -0.2) is 9.59 Å². The van der Waals surface area contributed by atoms with Gasteiger partial charge in [0.1, 0.15) is 6.04 Å². The number of hydrogen-bond acceptors (Lipinski definition) is 4. The van der Waals surface area contributed by atoms with Crippen LogP contribution in [-0.4, -0.2) is 65.6 Å². The maximum absolute atomic E-state index is 11.9. The second kappa shape index (κ2) is 6.21. The van der Waals surface area contributed by atoms with Crippen LogP contribution in [0, 0.1) is 5.92 Å². The molecule has 0 aromatic heterocycles. The van der Waals surface area contributed by atoms with Gasteiger partial charge in [-0.2, -0.15) is 0 Å². The summed E-state index contributed by atoms with van der Waals surface area (Å²) in [6.07, 6.45) is 1.33. The lowest BCUT2D eigenvalue weighted by molar-refractivity contribution is -0.141. The molecule has 0 spiro atoms. The lowest BCUT2D eigenvalue weighted by atomic mass is 10.0. The number of β-amino-alcohol motifs (C(OH)–C–C–N with tert-alkyl or cyclic N) is 1. The second-order valence-corrected chi connectivity index (χ2v) is 5.17. The van der Waals surface area contributed by atoms with Crippen LogP contribution in [0.1, 0.15) is 19.3 Å². The molecule has 0 aliphatic carbocycles. The minimum absolute atomic E-state index is 0.0734. The standard InChI is InChI=1S/C12H20N2O5/c15-9-4-10(11(16)17)14(6-9)12(18)13-5-8-2-1-3-19-7-8/h8-10,15H,1-7H2,(H,13,18)(H,16,17)/t8?,9-,10-/m0/s1. The van der Waals surface area contributed by atoms with E-state index in [4.69, 9.17) is 9.84 Å². The van der Waals surface area contributed by atoms with Gasteiger partial charge in [0.15, 0.2) is 0 Å². The number of amides is 2. The Morgan fingerprint density at radius 3 is 2.84 bits per heavy atom. The van der Waals surface area contributed by atoms with Crippen molar-refractivity contribution in [2.75, 3.05) is 26.3 Å². The average molecular weight is 272 g/mol. The molecule has 2 aliphatic rings. The van der Waals surface area contributed by atoms with Crippen molar-refractivity contribution in [2.45, 2.75) is 31.4 Å². The summed E-state index contributed by atoms with van der Waals surface area (Å²) in [5.41, 5.74) is 0. The molecule has 2 aliphatic heterocycles. The highest BCUT2D eigenvalue weighted by atomic mass is 16.5. The molecule has 2 amide bonds. The summed E-state index contributed by atoms with van der Waals surface area (Å²) >= 11 is 0. The van der Waals surface area contributed by atoms with Crippen molar-refractivity contribution in [1.29, 1.82) is 0 Å². The number of carboxylic acids is 1. The van der Waals surface area contributed by atoms with Gasteiger partial charge in [-0.05, 0) is 18.8 Å². The highest BCUT2D eigenvalue weighted by Gasteiger charge is 2.39. The third-order valence-corrected chi connectivity index (χ3v) is 3.62. The van der Waals surface area contributed by atoms with Gasteiger partial charge in [-0.3, -0.25) is 0 Å². The second-order valence-electron chi connectivity index (χ2n) is 5.17. The van der Waals surface area contributed by atoms with Crippen molar-refractivity contribution in [2.24, 2.45) is 5.92 Å². The van der Waals surface area contributed by atoms with E-state index in [1.165, 1.54) is 4.90 Å². The number of nitrogens with one attached hydrogen (secondary N) is 1. The number of carboxylic acid groups (broad SMARTS) is 1. The Kier molecular flexibility index (Phi) is 4.60. The van der Waals surface area contributed by atoms with E-state index in [9.17, 15) is 14.7 Å². The molecule has 0 bridgehead atoms. The van der Waals surface area contributed by atoms with E-state index in [-0.39, 0.29) is 18.9 Å². The van der Waals surface area contributed by atoms with E-state index in [0.717, 1.165) is 19.4 Å². The van der Waals surface area contributed by atoms with Crippen LogP contribution in [0.4, 0.5) is 4.79 Å². The van der Waals surface area contributed by atoms with Crippen LogP contribution in [0.5, 0.6) is 0 Å². The molecule has 7 nitrogen and oxygen atoms in total. The van der Waals surface area contributed by atoms with Crippen LogP contribution >= 0.6 is 0 Å². The van der Waals surface area contributed by atoms with Crippen molar-refractivity contribution >= 4 is 12.0 Å². The summed E-state index contributed by atoms with van der Waals surface area (Å²) in [5, 5.41) is 21.2. The molecule has 0 aromatic carbocycles. The molecule has 2 heterocycles. The van der Waals surface area contributed by atoms with Crippen LogP contribution in [0.3, 0.4) is 0 Å². The smallest absolute Gasteiger partial charge is 0.326 e. The molecular formula is C12H20N2O5. The molecule has 2 fully saturated rings. The molecule has 1 unspecified atom stereocenters. The first-order valence-corrected chi connectivity index (χ1v) is 6.61. The van der Waals surface area contributed by atoms with E-state index >= 15 is 0 Å². The molecule has 2 saturated heterocycles. The van der Waals surface area contributed by atoms with Gasteiger partial charge in [0.2, 0.25) is 0 Å². The maximum atomic E-state index is 11.9. The molecule has 0 saturated carbocycles. The Morgan fingerprint density at radius 2 is 2.21 bits per heavy atom. The summed E-state index contributed by atoms with van der Waals surface area (Å²) in [4.78, 5) is 24.2. The van der Waals surface area contributed by atoms with Crippen LogP contribution in [0.15, 0.2) is 0 Å². The number of aliphatic hydroxyl groups excluding tert-OH is 1. The Morgan fingerprint density at radius 1 is 1.42 bits per heavy atom. The highest BCUT2D eigenvalue weighted by Crippen LogP contribution is 2.18. The van der Waals surface area contributed by atoms with Crippen LogP contribution in [-0.2, 0) is 9.53 Å². The van der Waals surface area contributed by atoms with Crippen molar-refractivity contribution in [1.82, 2.24) is 10.2 Å². The summed E-state index contributed by atoms with van der Waals surface area (Å²) in [6.45, 7) is 1.96. The number of nitrogens with zero attached hydrogens (tertiary/aromatic N) is 1. The highest BCUT2D eigenvalue weighted by molar-refractivity contribution is 5.83. The minimum Gasteiger partial charge on any atom is -0.480 e. The number of carbonyl (C=O) groups excluding carboxylic acids is 1. The fraction of sp³-hybridized carbons (Fsp3) is 0.833. The molecule has 3 N–H and O–H groups in total. The zero-order valence-electron chi connectivity index (χ0n) is 10.7. The molecule has 0 aromatic rings. The number of urea groups is 1. The zero-order valence-corrected chi connectivity index (χ0v) is 10.7. The lowest BCUT2D eigenvalue weighted by Crippen LogP contribution is -2.47. The first-order valence-electron chi connectivity index (χ1n) is 6.61. The topological polar surface area (TPSA) is 99.1 Å². The van der Waals surface area contributed by atoms with E-state index in [1.807, 2.05) is 0 Å². The Bertz CT molecular complexity index is 343. The summed E-state index contributed by atoms with van der Waals surface area (Å²) in [7, 11) is 0. The molecule has 7 heteroatoms. The zero-order chi connectivity index (χ0) is 13.8. The van der Waals surface area contributed by atoms with Gasteiger partial charge < -0.3 is 25.2 Å². The fourth-order valence-corrected chi connectivity index (χ4v) is 2.57. The average Bonchev–Trinajstić information content (AvgIpc) is 2.79. The quantitative estimate of drug-likeness (QED) is 0.652. The van der Waals surface area contributed by atoms with Crippen molar-refractivity contribution in [3.8, 4) is 0 Å². The Hall–Kier alpha value is -1.34. The van der Waals surface area contributed by atoms with Crippen LogP contribution < -0.4 is 5.32 Å². The molecule has 19 heavy (non-hydrogen) atoms. The van der Waals surface area contributed by atoms with Crippen LogP contribution in [0.2, 0.25) is 0 Å². The van der Waals surface area contributed by atoms with E-state index < -0.39 is 24.1 Å². The van der Waals surface area contributed by atoms with E-state index in [0.29, 0.717) is 13.2 Å². The normalized spacial score (nSPS) is 31.2. The SMILES string of the molecule is O=C(O)[C@@H]1C[C@H](O)CN1C(=O)NCC1CCCOC1. The molecule has 0 radical (unpaired) electrons. The summed E-state index contributed by atoms with van der Waals surface area (Å²) in [6, 6.07) is -1.35. The summed E-state index contributed by atoms with van der Waals surface area (Å²) < 4.78 is 5.32. The molecule has 3 atom stereocenters. The van der Waals surface area contributed by atoms with Crippen molar-refractivity contribution in [3.63, 3.8) is 0 Å². The van der Waals surface area contributed by atoms with Crippen molar-refractivity contribution < 1.29 is 24.5 Å². The predicted octanol–water partition coefficient (Wildman–Crippen LogP) is -0.358. The third-order valence-electron chi connectivity index (χ3n) is 3.62. The van der Waals surface area contributed by atoms with E-state index in [2.05, 4.69) is 5.32 Å². The predicted molar refractivity (Wildman–Crippen MR) is 65.7 cm³/mol. The number of carbonyl (C=O) groups is 2. The number of ether oxygens (including phenoxy) is 1. The van der Waals surface area contributed by atoms with Crippen molar-refractivity contribution in [3.05, 3.63) is 0 Å². The summed E-state index contributed by atoms with van der Waals surface area (Å²) in [5.74, 6) is -0.791. The third kappa shape index (κ3) is 3.57. The van der Waals surface area contributed by atoms with Gasteiger partial charge in [-0.1, -0.05) is 0 Å². The first kappa shape index (κ1) is 14.1. The monoisotopic (exact) mass is 272 g/mol. The first-order chi connectivity index (χ1) is 9.08. The van der Waals surface area contributed by atoms with Gasteiger partial charge in [-0.15, -0.1) is 0 Å². The van der Waals surface area contributed by atoms with Gasteiger partial charge >= 0.3 is 12.0 Å². The van der Waals surface area contributed by atoms with Crippen LogP contribution in [0.25, 0.3) is 0 Å². The number of rotatable bonds is 3. The maximum Gasteiger partial charge on any atom is 0.326 e. The lowest BCUT2D eigenvalue weighted by Gasteiger charge is -2.25. The van der Waals surface area contributed by atoms with Gasteiger partial charge in [0, 0.05) is 26.1 Å². The molecule has 2 rings (SSSR count). The molecular weight excluding hydrogens is 252 g/mol. The fourth-order valence-electron chi connectivity index (χ4n) is 2.57. The van der Waals surface area contributed by atoms with Gasteiger partial charge in [0.05, 0.1) is 12.7 Å². The Balaban J connectivity index is 1.82. The minimum atomic E-state index is -1.08.